The van der Waals surface area contributed by atoms with E-state index in [1.165, 1.54) is 4.31 Å². The van der Waals surface area contributed by atoms with Crippen LogP contribution in [0, 0.1) is 0 Å². The summed E-state index contributed by atoms with van der Waals surface area (Å²) in [5.74, 6) is 0. The summed E-state index contributed by atoms with van der Waals surface area (Å²) in [6, 6.07) is 2.14. The third kappa shape index (κ3) is 5.54. The molecule has 2 fully saturated rings. The first kappa shape index (κ1) is 27.2. The fourth-order valence-electron chi connectivity index (χ4n) is 4.15. The summed E-state index contributed by atoms with van der Waals surface area (Å²) in [4.78, 5) is 18.9. The standard InChI is InChI=1S/C22H35BClN3O6S/c1-14-18(27(34(9,29)30)11-10-26(14)19(28)31-20(2,3)4)15-12-16(25-17(24)13-15)23-32-21(5,6)22(7,8)33-23/h12-14,18H,10-11H2,1-9H3/t14-,18+/m0/s1. The van der Waals surface area contributed by atoms with Gasteiger partial charge in [0, 0.05) is 13.1 Å². The minimum atomic E-state index is -3.59. The normalized spacial score (nSPS) is 25.5. The van der Waals surface area contributed by atoms with Crippen LogP contribution in [0.25, 0.3) is 0 Å². The van der Waals surface area contributed by atoms with Gasteiger partial charge in [-0.15, -0.1) is 0 Å². The summed E-state index contributed by atoms with van der Waals surface area (Å²) < 4.78 is 44.6. The number of pyridine rings is 1. The van der Waals surface area contributed by atoms with Crippen molar-refractivity contribution >= 4 is 40.4 Å². The summed E-state index contributed by atoms with van der Waals surface area (Å²) in [5.41, 5.74) is -0.796. The van der Waals surface area contributed by atoms with E-state index in [0.29, 0.717) is 11.2 Å². The Balaban J connectivity index is 2.02. The molecule has 34 heavy (non-hydrogen) atoms. The summed E-state index contributed by atoms with van der Waals surface area (Å²) in [6.45, 7) is 15.3. The first-order valence-corrected chi connectivity index (χ1v) is 13.5. The van der Waals surface area contributed by atoms with Gasteiger partial charge in [0.25, 0.3) is 0 Å². The van der Waals surface area contributed by atoms with Crippen LogP contribution in [0.5, 0.6) is 0 Å². The van der Waals surface area contributed by atoms with Gasteiger partial charge < -0.3 is 18.9 Å². The molecule has 3 heterocycles. The number of hydrogen-bond acceptors (Lipinski definition) is 7. The van der Waals surface area contributed by atoms with Crippen LogP contribution >= 0.6 is 11.6 Å². The Morgan fingerprint density at radius 3 is 2.24 bits per heavy atom. The Bertz CT molecular complexity index is 1040. The highest BCUT2D eigenvalue weighted by Crippen LogP contribution is 2.38. The lowest BCUT2D eigenvalue weighted by Crippen LogP contribution is -2.57. The first-order valence-electron chi connectivity index (χ1n) is 11.3. The number of sulfonamides is 1. The lowest BCUT2D eigenvalue weighted by atomic mass is 9.82. The molecule has 0 aromatic carbocycles. The molecule has 2 aliphatic rings. The number of hydrogen-bond donors (Lipinski definition) is 0. The topological polar surface area (TPSA) is 98.3 Å². The van der Waals surface area contributed by atoms with Crippen molar-refractivity contribution in [1.29, 1.82) is 0 Å². The van der Waals surface area contributed by atoms with E-state index >= 15 is 0 Å². The number of amides is 1. The van der Waals surface area contributed by atoms with Crippen LogP contribution in [0.15, 0.2) is 12.1 Å². The maximum atomic E-state index is 12.9. The van der Waals surface area contributed by atoms with E-state index in [1.54, 1.807) is 44.7 Å². The number of halogens is 1. The molecule has 2 aliphatic heterocycles. The molecule has 1 aromatic rings. The van der Waals surface area contributed by atoms with Gasteiger partial charge in [-0.05, 0) is 73.1 Å². The molecule has 1 aromatic heterocycles. The lowest BCUT2D eigenvalue weighted by Gasteiger charge is -2.45. The van der Waals surface area contributed by atoms with Gasteiger partial charge in [0.05, 0.1) is 35.1 Å². The fourth-order valence-corrected chi connectivity index (χ4v) is 5.50. The quantitative estimate of drug-likeness (QED) is 0.451. The smallest absolute Gasteiger partial charge is 0.444 e. The molecule has 0 unspecified atom stereocenters. The Morgan fingerprint density at radius 1 is 1.18 bits per heavy atom. The molecule has 1 amide bonds. The van der Waals surface area contributed by atoms with E-state index in [1.807, 2.05) is 27.7 Å². The molecule has 9 nitrogen and oxygen atoms in total. The van der Waals surface area contributed by atoms with Gasteiger partial charge in [-0.2, -0.15) is 4.31 Å². The van der Waals surface area contributed by atoms with Gasteiger partial charge in [-0.1, -0.05) is 11.6 Å². The second-order valence-corrected chi connectivity index (χ2v) is 13.3. The van der Waals surface area contributed by atoms with E-state index in [0.717, 1.165) is 6.26 Å². The van der Waals surface area contributed by atoms with Crippen LogP contribution < -0.4 is 5.59 Å². The van der Waals surface area contributed by atoms with E-state index in [4.69, 9.17) is 25.6 Å². The molecular formula is C22H35BClN3O6S. The highest BCUT2D eigenvalue weighted by molar-refractivity contribution is 7.88. The molecular weight excluding hydrogens is 481 g/mol. The zero-order valence-corrected chi connectivity index (χ0v) is 23.0. The van der Waals surface area contributed by atoms with Crippen LogP contribution in [0.1, 0.15) is 67.0 Å². The number of aromatic nitrogens is 1. The van der Waals surface area contributed by atoms with Gasteiger partial charge in [0.1, 0.15) is 10.8 Å². The van der Waals surface area contributed by atoms with Crippen molar-refractivity contribution in [3.63, 3.8) is 0 Å². The summed E-state index contributed by atoms with van der Waals surface area (Å²) in [6.07, 6.45) is 0.665. The number of carbonyl (C=O) groups excluding carboxylic acids is 1. The molecule has 0 N–H and O–H groups in total. The van der Waals surface area contributed by atoms with Crippen molar-refractivity contribution < 1.29 is 27.3 Å². The molecule has 0 spiro atoms. The molecule has 190 valence electrons. The van der Waals surface area contributed by atoms with E-state index in [-0.39, 0.29) is 18.2 Å². The van der Waals surface area contributed by atoms with Crippen molar-refractivity contribution in [1.82, 2.24) is 14.2 Å². The average molecular weight is 516 g/mol. The summed E-state index contributed by atoms with van der Waals surface area (Å²) in [7, 11) is -4.36. The molecule has 2 atom stereocenters. The van der Waals surface area contributed by atoms with Crippen molar-refractivity contribution in [3.05, 3.63) is 22.8 Å². The number of nitrogens with zero attached hydrogens (tertiary/aromatic N) is 3. The Morgan fingerprint density at radius 2 is 1.74 bits per heavy atom. The van der Waals surface area contributed by atoms with Crippen LogP contribution in [0.3, 0.4) is 0 Å². The van der Waals surface area contributed by atoms with Crippen LogP contribution in [0.2, 0.25) is 5.15 Å². The Kier molecular flexibility index (Phi) is 7.14. The highest BCUT2D eigenvalue weighted by atomic mass is 35.5. The summed E-state index contributed by atoms with van der Waals surface area (Å²) in [5, 5.41) is 0.178. The minimum Gasteiger partial charge on any atom is -0.444 e. The molecule has 0 saturated carbocycles. The predicted molar refractivity (Wildman–Crippen MR) is 132 cm³/mol. The van der Waals surface area contributed by atoms with Crippen LogP contribution in [-0.4, -0.2) is 78.0 Å². The fraction of sp³-hybridized carbons (Fsp3) is 0.727. The minimum absolute atomic E-state index is 0.124. The Hall–Kier alpha value is -1.40. The SMILES string of the molecule is C[C@H]1[C@H](c2cc(Cl)nc(B3OC(C)(C)C(C)(C)O3)c2)N(S(C)(=O)=O)CCN1C(=O)OC(C)(C)C. The third-order valence-corrected chi connectivity index (χ3v) is 8.00. The highest BCUT2D eigenvalue weighted by Gasteiger charge is 2.53. The van der Waals surface area contributed by atoms with Gasteiger partial charge >= 0.3 is 13.2 Å². The van der Waals surface area contributed by atoms with E-state index in [2.05, 4.69) is 4.98 Å². The zero-order chi connectivity index (χ0) is 25.9. The first-order chi connectivity index (χ1) is 15.3. The number of rotatable bonds is 3. The van der Waals surface area contributed by atoms with Gasteiger partial charge in [-0.25, -0.2) is 18.2 Å². The maximum absolute atomic E-state index is 12.9. The number of carbonyl (C=O) groups is 1. The number of piperazine rings is 1. The molecule has 3 rings (SSSR count). The average Bonchev–Trinajstić information content (AvgIpc) is 2.86. The largest absolute Gasteiger partial charge is 0.514 e. The van der Waals surface area contributed by atoms with E-state index in [9.17, 15) is 13.2 Å². The van der Waals surface area contributed by atoms with E-state index < -0.39 is 52.1 Å². The number of ether oxygens (including phenoxy) is 1. The lowest BCUT2D eigenvalue weighted by molar-refractivity contribution is -0.00204. The second kappa shape index (κ2) is 8.92. The zero-order valence-electron chi connectivity index (χ0n) is 21.4. The molecule has 0 radical (unpaired) electrons. The van der Waals surface area contributed by atoms with Crippen molar-refractivity contribution in [2.24, 2.45) is 0 Å². The van der Waals surface area contributed by atoms with Gasteiger partial charge in [0.2, 0.25) is 10.0 Å². The van der Waals surface area contributed by atoms with Crippen molar-refractivity contribution in [3.8, 4) is 0 Å². The van der Waals surface area contributed by atoms with Gasteiger partial charge in [0.15, 0.2) is 0 Å². The Labute approximate surface area is 208 Å². The maximum Gasteiger partial charge on any atom is 0.514 e. The summed E-state index contributed by atoms with van der Waals surface area (Å²) >= 11 is 6.39. The molecule has 2 saturated heterocycles. The monoisotopic (exact) mass is 515 g/mol. The molecule has 0 aliphatic carbocycles. The van der Waals surface area contributed by atoms with Crippen LogP contribution in [-0.2, 0) is 24.1 Å². The van der Waals surface area contributed by atoms with Crippen molar-refractivity contribution in [2.75, 3.05) is 19.3 Å². The second-order valence-electron chi connectivity index (χ2n) is 11.0. The molecule has 0 bridgehead atoms. The predicted octanol–water partition coefficient (Wildman–Crippen LogP) is 2.98. The van der Waals surface area contributed by atoms with Crippen LogP contribution in [0.4, 0.5) is 4.79 Å². The third-order valence-electron chi connectivity index (χ3n) is 6.55. The molecule has 12 heteroatoms. The van der Waals surface area contributed by atoms with Crippen molar-refractivity contribution in [2.45, 2.75) is 84.3 Å². The van der Waals surface area contributed by atoms with Gasteiger partial charge in [-0.3, -0.25) is 0 Å².